The third kappa shape index (κ3) is 2.78. The molecule has 2 aromatic heterocycles. The van der Waals surface area contributed by atoms with E-state index in [1.165, 1.54) is 28.0 Å². The Kier molecular flexibility index (Phi) is 3.98. The molecular formula is C22H17N3O2S. The van der Waals surface area contributed by atoms with Gasteiger partial charge in [0.15, 0.2) is 0 Å². The molecule has 0 unspecified atom stereocenters. The van der Waals surface area contributed by atoms with Crippen LogP contribution < -0.4 is 10.9 Å². The van der Waals surface area contributed by atoms with Gasteiger partial charge in [0.2, 0.25) is 0 Å². The first kappa shape index (κ1) is 16.8. The molecule has 138 valence electrons. The summed E-state index contributed by atoms with van der Waals surface area (Å²) in [6.45, 7) is 0. The minimum Gasteiger partial charge on any atom is -0.360 e. The smallest absolute Gasteiger partial charge is 0.279 e. The van der Waals surface area contributed by atoms with Crippen LogP contribution in [0.5, 0.6) is 0 Å². The van der Waals surface area contributed by atoms with Crippen LogP contribution in [0.3, 0.4) is 0 Å². The molecule has 0 bridgehead atoms. The molecule has 0 fully saturated rings. The lowest BCUT2D eigenvalue weighted by molar-refractivity contribution is 0.0850. The molecule has 0 aliphatic heterocycles. The fourth-order valence-corrected chi connectivity index (χ4v) is 4.85. The minimum atomic E-state index is -0.350. The summed E-state index contributed by atoms with van der Waals surface area (Å²) in [6.07, 6.45) is 3.56. The zero-order valence-electron chi connectivity index (χ0n) is 14.9. The SMILES string of the molecule is O=C(NNC(=O)c1c[nH]c2ccccc12)c1cc2c(s1)-c1ccccc1CC2. The lowest BCUT2D eigenvalue weighted by Crippen LogP contribution is -2.41. The van der Waals surface area contributed by atoms with Crippen LogP contribution in [0.25, 0.3) is 21.3 Å². The molecule has 1 aliphatic rings. The second-order valence-corrected chi connectivity index (χ2v) is 7.83. The molecule has 3 N–H and O–H groups in total. The predicted octanol–water partition coefficient (Wildman–Crippen LogP) is 4.07. The van der Waals surface area contributed by atoms with Crippen molar-refractivity contribution < 1.29 is 9.59 Å². The highest BCUT2D eigenvalue weighted by atomic mass is 32.1. The van der Waals surface area contributed by atoms with Gasteiger partial charge in [0.25, 0.3) is 11.8 Å². The van der Waals surface area contributed by atoms with E-state index >= 15 is 0 Å². The number of para-hydroxylation sites is 1. The van der Waals surface area contributed by atoms with Crippen molar-refractivity contribution in [2.24, 2.45) is 0 Å². The van der Waals surface area contributed by atoms with Crippen molar-refractivity contribution in [2.75, 3.05) is 0 Å². The molecule has 0 saturated heterocycles. The first-order valence-electron chi connectivity index (χ1n) is 9.08. The number of benzene rings is 2. The van der Waals surface area contributed by atoms with Crippen molar-refractivity contribution in [3.63, 3.8) is 0 Å². The van der Waals surface area contributed by atoms with Crippen molar-refractivity contribution in [1.29, 1.82) is 0 Å². The molecule has 5 rings (SSSR count). The van der Waals surface area contributed by atoms with Crippen LogP contribution >= 0.6 is 11.3 Å². The van der Waals surface area contributed by atoms with Crippen LogP contribution in [0.1, 0.15) is 31.2 Å². The fraction of sp³-hybridized carbons (Fsp3) is 0.0909. The van der Waals surface area contributed by atoms with Crippen molar-refractivity contribution in [2.45, 2.75) is 12.8 Å². The predicted molar refractivity (Wildman–Crippen MR) is 110 cm³/mol. The first-order valence-corrected chi connectivity index (χ1v) is 9.90. The average molecular weight is 387 g/mol. The molecule has 28 heavy (non-hydrogen) atoms. The topological polar surface area (TPSA) is 74.0 Å². The highest BCUT2D eigenvalue weighted by Crippen LogP contribution is 2.39. The number of H-pyrrole nitrogens is 1. The Hall–Kier alpha value is -3.38. The Morgan fingerprint density at radius 2 is 1.64 bits per heavy atom. The van der Waals surface area contributed by atoms with Gasteiger partial charge in [-0.25, -0.2) is 0 Å². The van der Waals surface area contributed by atoms with Gasteiger partial charge in [-0.2, -0.15) is 0 Å². The van der Waals surface area contributed by atoms with Gasteiger partial charge in [-0.3, -0.25) is 20.4 Å². The summed E-state index contributed by atoms with van der Waals surface area (Å²) in [5.41, 5.74) is 10.2. The largest absolute Gasteiger partial charge is 0.360 e. The second-order valence-electron chi connectivity index (χ2n) is 6.78. The van der Waals surface area contributed by atoms with E-state index in [2.05, 4.69) is 28.0 Å². The maximum absolute atomic E-state index is 12.6. The normalized spacial score (nSPS) is 12.3. The molecular weight excluding hydrogens is 370 g/mol. The molecule has 0 saturated carbocycles. The number of aryl methyl sites for hydroxylation is 2. The second kappa shape index (κ2) is 6.65. The quantitative estimate of drug-likeness (QED) is 0.454. The molecule has 5 nitrogen and oxygen atoms in total. The average Bonchev–Trinajstić information content (AvgIpc) is 3.36. The number of thiophene rings is 1. The number of hydrazine groups is 1. The van der Waals surface area contributed by atoms with Crippen LogP contribution in [-0.2, 0) is 12.8 Å². The van der Waals surface area contributed by atoms with Gasteiger partial charge in [-0.1, -0.05) is 42.5 Å². The summed E-state index contributed by atoms with van der Waals surface area (Å²) in [6, 6.07) is 17.8. The van der Waals surface area contributed by atoms with Crippen LogP contribution in [0.4, 0.5) is 0 Å². The van der Waals surface area contributed by atoms with Crippen molar-refractivity contribution in [1.82, 2.24) is 15.8 Å². The third-order valence-electron chi connectivity index (χ3n) is 5.08. The van der Waals surface area contributed by atoms with E-state index in [1.54, 1.807) is 6.20 Å². The number of aromatic nitrogens is 1. The van der Waals surface area contributed by atoms with Crippen molar-refractivity contribution >= 4 is 34.1 Å². The lowest BCUT2D eigenvalue weighted by atomic mass is 9.91. The minimum absolute atomic E-state index is 0.301. The van der Waals surface area contributed by atoms with E-state index in [0.717, 1.165) is 28.6 Å². The Balaban J connectivity index is 1.33. The molecule has 4 aromatic rings. The number of hydrogen-bond acceptors (Lipinski definition) is 3. The summed E-state index contributed by atoms with van der Waals surface area (Å²) >= 11 is 1.47. The maximum Gasteiger partial charge on any atom is 0.279 e. The number of nitrogens with one attached hydrogen (secondary N) is 3. The standard InChI is InChI=1S/C22H17N3O2S/c26-21(17-12-23-18-8-4-3-7-16(17)18)24-25-22(27)19-11-14-10-9-13-5-1-2-6-15(13)20(14)28-19/h1-8,11-12,23H,9-10H2,(H,24,26)(H,25,27). The molecule has 1 aliphatic carbocycles. The molecule has 2 amide bonds. The van der Waals surface area contributed by atoms with Gasteiger partial charge in [0.05, 0.1) is 10.4 Å². The summed E-state index contributed by atoms with van der Waals surface area (Å²) in [5.74, 6) is -0.650. The van der Waals surface area contributed by atoms with Gasteiger partial charge in [-0.05, 0) is 41.7 Å². The summed E-state index contributed by atoms with van der Waals surface area (Å²) in [5, 5.41) is 0.817. The monoisotopic (exact) mass is 387 g/mol. The van der Waals surface area contributed by atoms with E-state index in [4.69, 9.17) is 0 Å². The van der Waals surface area contributed by atoms with Gasteiger partial charge in [0, 0.05) is 22.0 Å². The number of aromatic amines is 1. The van der Waals surface area contributed by atoms with E-state index < -0.39 is 0 Å². The highest BCUT2D eigenvalue weighted by Gasteiger charge is 2.21. The molecule has 2 aromatic carbocycles. The molecule has 0 atom stereocenters. The van der Waals surface area contributed by atoms with E-state index in [1.807, 2.05) is 42.5 Å². The molecule has 0 spiro atoms. The van der Waals surface area contributed by atoms with Crippen LogP contribution in [0.15, 0.2) is 60.8 Å². The Bertz CT molecular complexity index is 1220. The van der Waals surface area contributed by atoms with E-state index in [0.29, 0.717) is 10.4 Å². The maximum atomic E-state index is 12.6. The fourth-order valence-electron chi connectivity index (χ4n) is 3.69. The first-order chi connectivity index (χ1) is 13.7. The van der Waals surface area contributed by atoms with Crippen molar-refractivity contribution in [3.05, 3.63) is 82.4 Å². The van der Waals surface area contributed by atoms with Gasteiger partial charge in [0.1, 0.15) is 0 Å². The van der Waals surface area contributed by atoms with Crippen LogP contribution in [-0.4, -0.2) is 16.8 Å². The Morgan fingerprint density at radius 3 is 2.57 bits per heavy atom. The number of carbonyl (C=O) groups is 2. The Morgan fingerprint density at radius 1 is 0.893 bits per heavy atom. The van der Waals surface area contributed by atoms with E-state index in [-0.39, 0.29) is 11.8 Å². The van der Waals surface area contributed by atoms with E-state index in [9.17, 15) is 9.59 Å². The highest BCUT2D eigenvalue weighted by molar-refractivity contribution is 7.17. The zero-order valence-corrected chi connectivity index (χ0v) is 15.7. The molecule has 6 heteroatoms. The summed E-state index contributed by atoms with van der Waals surface area (Å²) in [7, 11) is 0. The number of rotatable bonds is 2. The lowest BCUT2D eigenvalue weighted by Gasteiger charge is -2.15. The molecule has 0 radical (unpaired) electrons. The van der Waals surface area contributed by atoms with Crippen molar-refractivity contribution in [3.8, 4) is 10.4 Å². The van der Waals surface area contributed by atoms with Gasteiger partial charge < -0.3 is 4.98 Å². The van der Waals surface area contributed by atoms with Gasteiger partial charge >= 0.3 is 0 Å². The number of amides is 2. The van der Waals surface area contributed by atoms with Crippen LogP contribution in [0, 0.1) is 0 Å². The third-order valence-corrected chi connectivity index (χ3v) is 6.29. The number of hydrogen-bond donors (Lipinski definition) is 3. The zero-order chi connectivity index (χ0) is 19.1. The summed E-state index contributed by atoms with van der Waals surface area (Å²) < 4.78 is 0. The van der Waals surface area contributed by atoms with Crippen LogP contribution in [0.2, 0.25) is 0 Å². The van der Waals surface area contributed by atoms with Gasteiger partial charge in [-0.15, -0.1) is 11.3 Å². The number of fused-ring (bicyclic) bond motifs is 4. The number of carbonyl (C=O) groups excluding carboxylic acids is 2. The summed E-state index contributed by atoms with van der Waals surface area (Å²) in [4.78, 5) is 29.9. The molecule has 2 heterocycles. The Labute approximate surface area is 165 Å².